The van der Waals surface area contributed by atoms with Crippen LogP contribution in [0.1, 0.15) is 27.2 Å². The van der Waals surface area contributed by atoms with E-state index in [2.05, 4.69) is 18.6 Å². The summed E-state index contributed by atoms with van der Waals surface area (Å²) in [6.07, 6.45) is 0.945. The molecule has 0 saturated heterocycles. The summed E-state index contributed by atoms with van der Waals surface area (Å²) in [4.78, 5) is 13.5. The van der Waals surface area contributed by atoms with Crippen molar-refractivity contribution in [3.05, 3.63) is 0 Å². The Kier molecular flexibility index (Phi) is 7.34. The highest BCUT2D eigenvalue weighted by molar-refractivity contribution is 5.78. The fraction of sp³-hybridized carbons (Fsp3) is 0.917. The van der Waals surface area contributed by atoms with E-state index in [1.807, 2.05) is 4.90 Å². The zero-order valence-electron chi connectivity index (χ0n) is 11.5. The van der Waals surface area contributed by atoms with Crippen LogP contribution in [-0.2, 0) is 14.3 Å². The Morgan fingerprint density at radius 3 is 2.47 bits per heavy atom. The molecule has 0 aromatic heterocycles. The van der Waals surface area contributed by atoms with E-state index in [0.29, 0.717) is 13.2 Å². The third kappa shape index (κ3) is 5.48. The molecule has 0 bridgehead atoms. The zero-order valence-corrected chi connectivity index (χ0v) is 11.5. The molecule has 102 valence electrons. The molecular weight excluding hydrogens is 222 g/mol. The van der Waals surface area contributed by atoms with Crippen molar-refractivity contribution >= 4 is 5.97 Å². The van der Waals surface area contributed by atoms with Gasteiger partial charge in [-0.3, -0.25) is 4.90 Å². The highest BCUT2D eigenvalue weighted by Gasteiger charge is 2.34. The van der Waals surface area contributed by atoms with Crippen LogP contribution in [0, 0.1) is 0 Å². The van der Waals surface area contributed by atoms with E-state index in [0.717, 1.165) is 6.42 Å². The second-order valence-corrected chi connectivity index (χ2v) is 4.49. The number of rotatable bonds is 8. The summed E-state index contributed by atoms with van der Waals surface area (Å²) in [6, 6.07) is 0.279. The van der Waals surface area contributed by atoms with Crippen LogP contribution in [0.3, 0.4) is 0 Å². The van der Waals surface area contributed by atoms with Gasteiger partial charge in [0.25, 0.3) is 0 Å². The Hall–Kier alpha value is -0.650. The van der Waals surface area contributed by atoms with Crippen molar-refractivity contribution in [1.82, 2.24) is 4.90 Å². The Bertz CT molecular complexity index is 231. The molecule has 0 aromatic rings. The maximum absolute atomic E-state index is 11.4. The van der Waals surface area contributed by atoms with Gasteiger partial charge in [0.2, 0.25) is 0 Å². The maximum Gasteiger partial charge on any atom is 0.338 e. The number of carbonyl (C=O) groups excluding carboxylic acids is 1. The van der Waals surface area contributed by atoms with Crippen molar-refractivity contribution in [2.75, 3.05) is 33.9 Å². The van der Waals surface area contributed by atoms with E-state index in [4.69, 9.17) is 4.74 Å². The third-order valence-corrected chi connectivity index (χ3v) is 2.93. The SMILES string of the molecule is CCC(C)N(CCOC)CC(C)(O)C(=O)OC. The lowest BCUT2D eigenvalue weighted by Crippen LogP contribution is -2.50. The molecule has 0 fully saturated rings. The molecule has 0 aliphatic carbocycles. The Morgan fingerprint density at radius 1 is 1.47 bits per heavy atom. The van der Waals surface area contributed by atoms with Gasteiger partial charge in [-0.25, -0.2) is 4.79 Å². The van der Waals surface area contributed by atoms with Crippen molar-refractivity contribution in [2.45, 2.75) is 38.8 Å². The lowest BCUT2D eigenvalue weighted by molar-refractivity contribution is -0.163. The molecule has 0 spiro atoms. The van der Waals surface area contributed by atoms with E-state index in [1.54, 1.807) is 7.11 Å². The van der Waals surface area contributed by atoms with Crippen LogP contribution in [0.5, 0.6) is 0 Å². The average molecular weight is 247 g/mol. The van der Waals surface area contributed by atoms with E-state index in [-0.39, 0.29) is 12.6 Å². The number of esters is 1. The summed E-state index contributed by atoms with van der Waals surface area (Å²) in [7, 11) is 2.91. The summed E-state index contributed by atoms with van der Waals surface area (Å²) in [5.41, 5.74) is -1.48. The summed E-state index contributed by atoms with van der Waals surface area (Å²) >= 11 is 0. The van der Waals surface area contributed by atoms with Crippen LogP contribution in [0.25, 0.3) is 0 Å². The number of methoxy groups -OCH3 is 2. The van der Waals surface area contributed by atoms with Gasteiger partial charge in [0.1, 0.15) is 0 Å². The number of ether oxygens (including phenoxy) is 2. The standard InChI is InChI=1S/C12H25NO4/c1-6-10(2)13(7-8-16-4)9-12(3,15)11(14)17-5/h10,15H,6-9H2,1-5H3. The quantitative estimate of drug-likeness (QED) is 0.638. The highest BCUT2D eigenvalue weighted by atomic mass is 16.5. The second-order valence-electron chi connectivity index (χ2n) is 4.49. The molecule has 1 N–H and O–H groups in total. The maximum atomic E-state index is 11.4. The third-order valence-electron chi connectivity index (χ3n) is 2.93. The first-order chi connectivity index (χ1) is 7.88. The van der Waals surface area contributed by atoms with Gasteiger partial charge in [-0.1, -0.05) is 6.92 Å². The van der Waals surface area contributed by atoms with E-state index in [9.17, 15) is 9.90 Å². The molecule has 0 heterocycles. The fourth-order valence-corrected chi connectivity index (χ4v) is 1.60. The van der Waals surface area contributed by atoms with Crippen molar-refractivity contribution in [2.24, 2.45) is 0 Å². The Labute approximate surface area is 104 Å². The van der Waals surface area contributed by atoms with Gasteiger partial charge >= 0.3 is 5.97 Å². The van der Waals surface area contributed by atoms with Crippen molar-refractivity contribution in [3.8, 4) is 0 Å². The van der Waals surface area contributed by atoms with Gasteiger partial charge < -0.3 is 14.6 Å². The first-order valence-electron chi connectivity index (χ1n) is 5.92. The van der Waals surface area contributed by atoms with Crippen LogP contribution in [0.4, 0.5) is 0 Å². The number of aliphatic hydroxyl groups is 1. The molecule has 0 aliphatic rings. The lowest BCUT2D eigenvalue weighted by Gasteiger charge is -2.33. The molecule has 5 nitrogen and oxygen atoms in total. The van der Waals surface area contributed by atoms with Gasteiger partial charge in [-0.2, -0.15) is 0 Å². The van der Waals surface area contributed by atoms with Crippen LogP contribution in [0.15, 0.2) is 0 Å². The molecule has 5 heteroatoms. The molecular formula is C12H25NO4. The van der Waals surface area contributed by atoms with Gasteiger partial charge in [0.05, 0.1) is 13.7 Å². The topological polar surface area (TPSA) is 59.0 Å². The zero-order chi connectivity index (χ0) is 13.5. The molecule has 17 heavy (non-hydrogen) atoms. The van der Waals surface area contributed by atoms with Crippen molar-refractivity contribution < 1.29 is 19.4 Å². The molecule has 0 aromatic carbocycles. The van der Waals surface area contributed by atoms with Gasteiger partial charge in [-0.15, -0.1) is 0 Å². The van der Waals surface area contributed by atoms with Crippen molar-refractivity contribution in [1.29, 1.82) is 0 Å². The summed E-state index contributed by atoms with van der Waals surface area (Å²) in [6.45, 7) is 7.10. The van der Waals surface area contributed by atoms with E-state index in [1.165, 1.54) is 14.0 Å². The number of hydrogen-bond donors (Lipinski definition) is 1. The highest BCUT2D eigenvalue weighted by Crippen LogP contribution is 2.12. The molecule has 0 rings (SSSR count). The van der Waals surface area contributed by atoms with Crippen LogP contribution >= 0.6 is 0 Å². The molecule has 0 radical (unpaired) electrons. The number of carbonyl (C=O) groups is 1. The summed E-state index contributed by atoms with van der Waals surface area (Å²) in [5.74, 6) is -0.608. The summed E-state index contributed by atoms with van der Waals surface area (Å²) in [5, 5.41) is 10.0. The predicted molar refractivity (Wildman–Crippen MR) is 65.8 cm³/mol. The monoisotopic (exact) mass is 247 g/mol. The largest absolute Gasteiger partial charge is 0.467 e. The minimum Gasteiger partial charge on any atom is -0.467 e. The normalized spacial score (nSPS) is 16.6. The summed E-state index contributed by atoms with van der Waals surface area (Å²) < 4.78 is 9.62. The van der Waals surface area contributed by atoms with Crippen LogP contribution in [-0.4, -0.2) is 61.5 Å². The van der Waals surface area contributed by atoms with E-state index >= 15 is 0 Å². The minimum atomic E-state index is -1.48. The smallest absolute Gasteiger partial charge is 0.338 e. The predicted octanol–water partition coefficient (Wildman–Crippen LogP) is 0.657. The van der Waals surface area contributed by atoms with Crippen LogP contribution in [0.2, 0.25) is 0 Å². The fourth-order valence-electron chi connectivity index (χ4n) is 1.60. The molecule has 0 aliphatic heterocycles. The number of nitrogens with zero attached hydrogens (tertiary/aromatic N) is 1. The van der Waals surface area contributed by atoms with E-state index < -0.39 is 11.6 Å². The first-order valence-corrected chi connectivity index (χ1v) is 5.92. The Morgan fingerprint density at radius 2 is 2.06 bits per heavy atom. The average Bonchev–Trinajstić information content (AvgIpc) is 2.32. The first kappa shape index (κ1) is 16.4. The number of hydrogen-bond acceptors (Lipinski definition) is 5. The molecule has 2 unspecified atom stereocenters. The van der Waals surface area contributed by atoms with Crippen LogP contribution < -0.4 is 0 Å². The van der Waals surface area contributed by atoms with Gasteiger partial charge in [0, 0.05) is 26.2 Å². The van der Waals surface area contributed by atoms with Crippen molar-refractivity contribution in [3.63, 3.8) is 0 Å². The molecule has 0 saturated carbocycles. The van der Waals surface area contributed by atoms with Gasteiger partial charge in [-0.05, 0) is 20.3 Å². The second kappa shape index (κ2) is 7.63. The Balaban J connectivity index is 4.55. The lowest BCUT2D eigenvalue weighted by atomic mass is 10.1. The minimum absolute atomic E-state index is 0.248. The molecule has 0 amide bonds. The molecule has 2 atom stereocenters. The van der Waals surface area contributed by atoms with Gasteiger partial charge in [0.15, 0.2) is 5.60 Å².